The number of allylic oxidation sites excluding steroid dienone is 6. The molecule has 0 aliphatic carbocycles. The third kappa shape index (κ3) is 7.78. The van der Waals surface area contributed by atoms with Gasteiger partial charge in [0, 0.05) is 17.1 Å². The molecule has 0 heterocycles. The van der Waals surface area contributed by atoms with Crippen LogP contribution in [0, 0.1) is 11.3 Å². The van der Waals surface area contributed by atoms with Gasteiger partial charge in [0.25, 0.3) is 0 Å². The van der Waals surface area contributed by atoms with E-state index in [1.165, 1.54) is 28.3 Å². The second-order valence-corrected chi connectivity index (χ2v) is 11.5. The molecule has 0 spiro atoms. The number of anilines is 3. The quantitative estimate of drug-likeness (QED) is 0.0951. The summed E-state index contributed by atoms with van der Waals surface area (Å²) < 4.78 is 0. The molecule has 5 rings (SSSR count). The van der Waals surface area contributed by atoms with Crippen molar-refractivity contribution in [1.82, 2.24) is 0 Å². The monoisotopic (exact) mass is 626 g/mol. The number of hydrogen-bond donors (Lipinski definition) is 1. The van der Waals surface area contributed by atoms with E-state index in [4.69, 9.17) is 10.4 Å². The van der Waals surface area contributed by atoms with Crippen LogP contribution in [-0.4, -0.2) is 11.1 Å². The first-order chi connectivity index (χ1) is 23.3. The summed E-state index contributed by atoms with van der Waals surface area (Å²) in [5.41, 5.74) is 13.3. The summed E-state index contributed by atoms with van der Waals surface area (Å²) in [4.78, 5) is 13.3. The molecule has 4 heteroatoms. The van der Waals surface area contributed by atoms with Crippen LogP contribution in [-0.2, 0) is 4.79 Å². The van der Waals surface area contributed by atoms with Crippen molar-refractivity contribution >= 4 is 40.3 Å². The van der Waals surface area contributed by atoms with Gasteiger partial charge in [-0.15, -0.1) is 0 Å². The van der Waals surface area contributed by atoms with E-state index in [0.717, 1.165) is 44.9 Å². The fraction of sp³-hybridized carbons (Fsp3) is 0.0909. The van der Waals surface area contributed by atoms with Crippen LogP contribution in [0.5, 0.6) is 0 Å². The molecule has 0 saturated heterocycles. The number of carbonyl (C=O) groups is 1. The van der Waals surface area contributed by atoms with Crippen LogP contribution in [0.2, 0.25) is 0 Å². The van der Waals surface area contributed by atoms with Gasteiger partial charge in [-0.2, -0.15) is 5.26 Å². The van der Waals surface area contributed by atoms with Crippen LogP contribution in [0.4, 0.5) is 17.1 Å². The normalized spacial score (nSPS) is 12.2. The Morgan fingerprint density at radius 2 is 0.958 bits per heavy atom. The van der Waals surface area contributed by atoms with Gasteiger partial charge in [0.05, 0.1) is 0 Å². The molecule has 0 fully saturated rings. The summed E-state index contributed by atoms with van der Waals surface area (Å²) >= 11 is 0. The van der Waals surface area contributed by atoms with Gasteiger partial charge in [0.2, 0.25) is 0 Å². The standard InChI is InChI=1S/C44H38N2O2/c1-5-31(3)34-18-24-41(25-19-34)46(42-26-20-35(21-27-42)32(4)6-2)43-28-22-39(23-29-43)38-16-14-37(15-17-38)36-12-10-33(11-13-36)8-7-9-40(30-45)44(47)48/h5-29H,1-4H3,(H,47,48)/b8-7+,31-5-,32-6-,40-9-. The Labute approximate surface area is 283 Å². The van der Waals surface area contributed by atoms with Crippen molar-refractivity contribution in [2.24, 2.45) is 0 Å². The number of carboxylic acid groups (broad SMARTS) is 1. The van der Waals surface area contributed by atoms with Crippen molar-refractivity contribution in [3.63, 3.8) is 0 Å². The van der Waals surface area contributed by atoms with Crippen LogP contribution >= 0.6 is 0 Å². The van der Waals surface area contributed by atoms with Crippen LogP contribution in [0.15, 0.2) is 151 Å². The van der Waals surface area contributed by atoms with E-state index < -0.39 is 5.97 Å². The average Bonchev–Trinajstić information content (AvgIpc) is 3.14. The lowest BCUT2D eigenvalue weighted by molar-refractivity contribution is -0.132. The molecular formula is C44H38N2O2. The van der Waals surface area contributed by atoms with Gasteiger partial charge in [-0.1, -0.05) is 109 Å². The highest BCUT2D eigenvalue weighted by Crippen LogP contribution is 2.37. The number of rotatable bonds is 10. The van der Waals surface area contributed by atoms with Crippen LogP contribution in [0.1, 0.15) is 44.4 Å². The summed E-state index contributed by atoms with van der Waals surface area (Å²) in [5, 5.41) is 17.9. The van der Waals surface area contributed by atoms with Crippen molar-refractivity contribution in [2.45, 2.75) is 27.7 Å². The minimum absolute atomic E-state index is 0.301. The van der Waals surface area contributed by atoms with E-state index in [1.807, 2.05) is 24.3 Å². The molecule has 5 aromatic rings. The van der Waals surface area contributed by atoms with E-state index in [9.17, 15) is 4.79 Å². The van der Waals surface area contributed by atoms with Crippen LogP contribution in [0.3, 0.4) is 0 Å². The number of nitriles is 1. The fourth-order valence-electron chi connectivity index (χ4n) is 5.38. The lowest BCUT2D eigenvalue weighted by atomic mass is 9.99. The fourth-order valence-corrected chi connectivity index (χ4v) is 5.38. The number of aliphatic carboxylic acids is 1. The summed E-state index contributed by atoms with van der Waals surface area (Å²) in [6, 6.07) is 44.4. The number of hydrogen-bond acceptors (Lipinski definition) is 3. The summed E-state index contributed by atoms with van der Waals surface area (Å²) in [5.74, 6) is -1.24. The molecule has 0 aliphatic rings. The minimum Gasteiger partial charge on any atom is -0.477 e. The molecule has 0 saturated carbocycles. The lowest BCUT2D eigenvalue weighted by Crippen LogP contribution is -2.10. The first-order valence-electron chi connectivity index (χ1n) is 15.9. The van der Waals surface area contributed by atoms with Crippen LogP contribution < -0.4 is 4.90 Å². The number of benzene rings is 5. The Morgan fingerprint density at radius 1 is 0.604 bits per heavy atom. The lowest BCUT2D eigenvalue weighted by Gasteiger charge is -2.26. The van der Waals surface area contributed by atoms with Gasteiger partial charge in [-0.05, 0) is 120 Å². The third-order valence-electron chi connectivity index (χ3n) is 8.52. The Hall–Kier alpha value is -6.18. The molecule has 236 valence electrons. The van der Waals surface area contributed by atoms with E-state index in [-0.39, 0.29) is 5.57 Å². The van der Waals surface area contributed by atoms with Crippen molar-refractivity contribution in [3.8, 4) is 28.3 Å². The molecule has 5 aromatic carbocycles. The molecule has 4 nitrogen and oxygen atoms in total. The Balaban J connectivity index is 1.37. The SMILES string of the molecule is C/C=C(/C)c1ccc(N(c2ccc(/C(C)=C\C)cc2)c2ccc(-c3ccc(-c4ccc(/C=C/C=C(/C#N)C(=O)O)cc4)cc3)cc2)cc1. The predicted octanol–water partition coefficient (Wildman–Crippen LogP) is 11.9. The maximum atomic E-state index is 11.0. The minimum atomic E-state index is -1.24. The van der Waals surface area contributed by atoms with E-state index >= 15 is 0 Å². The smallest absolute Gasteiger partial charge is 0.346 e. The zero-order valence-corrected chi connectivity index (χ0v) is 27.7. The Morgan fingerprint density at radius 3 is 1.31 bits per heavy atom. The number of nitrogens with zero attached hydrogens (tertiary/aromatic N) is 2. The molecule has 0 aliphatic heterocycles. The van der Waals surface area contributed by atoms with Gasteiger partial charge in [-0.25, -0.2) is 4.79 Å². The summed E-state index contributed by atoms with van der Waals surface area (Å²) in [6.07, 6.45) is 8.91. The Bertz CT molecular complexity index is 1980. The first-order valence-corrected chi connectivity index (χ1v) is 15.9. The van der Waals surface area contributed by atoms with Gasteiger partial charge in [0.1, 0.15) is 11.6 Å². The van der Waals surface area contributed by atoms with Crippen molar-refractivity contribution < 1.29 is 9.90 Å². The maximum absolute atomic E-state index is 11.0. The van der Waals surface area contributed by atoms with Gasteiger partial charge >= 0.3 is 5.97 Å². The first kappa shape index (κ1) is 33.2. The van der Waals surface area contributed by atoms with Gasteiger partial charge in [-0.3, -0.25) is 0 Å². The molecule has 48 heavy (non-hydrogen) atoms. The van der Waals surface area contributed by atoms with Crippen molar-refractivity contribution in [3.05, 3.63) is 168 Å². The second kappa shape index (κ2) is 15.4. The second-order valence-electron chi connectivity index (χ2n) is 11.5. The molecule has 1 N–H and O–H groups in total. The molecule has 0 radical (unpaired) electrons. The zero-order valence-electron chi connectivity index (χ0n) is 27.7. The van der Waals surface area contributed by atoms with E-state index in [2.05, 4.69) is 142 Å². The molecular weight excluding hydrogens is 588 g/mol. The predicted molar refractivity (Wildman–Crippen MR) is 201 cm³/mol. The molecule has 0 bridgehead atoms. The van der Waals surface area contributed by atoms with E-state index in [0.29, 0.717) is 0 Å². The highest BCUT2D eigenvalue weighted by Gasteiger charge is 2.14. The van der Waals surface area contributed by atoms with E-state index in [1.54, 1.807) is 18.2 Å². The third-order valence-corrected chi connectivity index (χ3v) is 8.52. The average molecular weight is 627 g/mol. The number of carboxylic acids is 1. The highest BCUT2D eigenvalue weighted by molar-refractivity contribution is 5.91. The van der Waals surface area contributed by atoms with Gasteiger partial charge < -0.3 is 10.0 Å². The summed E-state index contributed by atoms with van der Waals surface area (Å²) in [6.45, 7) is 8.40. The van der Waals surface area contributed by atoms with Crippen molar-refractivity contribution in [1.29, 1.82) is 5.26 Å². The molecule has 0 amide bonds. The summed E-state index contributed by atoms with van der Waals surface area (Å²) in [7, 11) is 0. The topological polar surface area (TPSA) is 64.3 Å². The molecule has 0 aromatic heterocycles. The van der Waals surface area contributed by atoms with Crippen molar-refractivity contribution in [2.75, 3.05) is 4.90 Å². The van der Waals surface area contributed by atoms with Crippen LogP contribution in [0.25, 0.3) is 39.5 Å². The maximum Gasteiger partial charge on any atom is 0.346 e. The molecule has 0 atom stereocenters. The highest BCUT2D eigenvalue weighted by atomic mass is 16.4. The Kier molecular flexibility index (Phi) is 10.7. The zero-order chi connectivity index (χ0) is 34.0. The van der Waals surface area contributed by atoms with Gasteiger partial charge in [0.15, 0.2) is 0 Å². The largest absolute Gasteiger partial charge is 0.477 e. The molecule has 0 unspecified atom stereocenters.